The van der Waals surface area contributed by atoms with Crippen molar-refractivity contribution in [3.8, 4) is 0 Å². The highest BCUT2D eigenvalue weighted by Gasteiger charge is 2.22. The lowest BCUT2D eigenvalue weighted by molar-refractivity contribution is -0.384. The summed E-state index contributed by atoms with van der Waals surface area (Å²) in [4.78, 5) is 26.3. The monoisotopic (exact) mass is 378 g/mol. The lowest BCUT2D eigenvalue weighted by Crippen LogP contribution is -2.50. The zero-order chi connectivity index (χ0) is 18.7. The van der Waals surface area contributed by atoms with Crippen LogP contribution < -0.4 is 10.2 Å². The number of nitrogens with one attached hydrogen (secondary N) is 1. The van der Waals surface area contributed by atoms with Crippen LogP contribution in [0.25, 0.3) is 0 Å². The molecule has 9 heteroatoms. The molecule has 1 saturated heterocycles. The summed E-state index contributed by atoms with van der Waals surface area (Å²) in [6.07, 6.45) is 0. The van der Waals surface area contributed by atoms with Crippen molar-refractivity contribution in [2.75, 3.05) is 36.4 Å². The van der Waals surface area contributed by atoms with Gasteiger partial charge in [-0.2, -0.15) is 0 Å². The van der Waals surface area contributed by atoms with Gasteiger partial charge in [0.1, 0.15) is 5.82 Å². The van der Waals surface area contributed by atoms with E-state index in [1.807, 2.05) is 0 Å². The van der Waals surface area contributed by atoms with E-state index in [2.05, 4.69) is 10.2 Å². The van der Waals surface area contributed by atoms with E-state index in [9.17, 15) is 19.3 Å². The number of urea groups is 1. The first kappa shape index (κ1) is 17.9. The number of non-ortho nitro benzene ring substituents is 1. The molecule has 3 rings (SSSR count). The molecule has 0 spiro atoms. The summed E-state index contributed by atoms with van der Waals surface area (Å²) >= 11 is 5.92. The van der Waals surface area contributed by atoms with Gasteiger partial charge in [0.25, 0.3) is 5.69 Å². The Morgan fingerprint density at radius 3 is 2.35 bits per heavy atom. The Morgan fingerprint density at radius 2 is 1.77 bits per heavy atom. The number of carbonyl (C=O) groups excluding carboxylic acids is 1. The molecule has 7 nitrogen and oxygen atoms in total. The first-order valence-electron chi connectivity index (χ1n) is 7.94. The molecule has 0 unspecified atom stereocenters. The Bertz CT molecular complexity index is 823. The summed E-state index contributed by atoms with van der Waals surface area (Å²) in [7, 11) is 0. The summed E-state index contributed by atoms with van der Waals surface area (Å²) in [6.45, 7) is 2.17. The minimum Gasteiger partial charge on any atom is -0.368 e. The fraction of sp³-hybridized carbons (Fsp3) is 0.235. The number of amides is 2. The third-order valence-electron chi connectivity index (χ3n) is 4.17. The zero-order valence-electron chi connectivity index (χ0n) is 13.7. The predicted molar refractivity (Wildman–Crippen MR) is 97.3 cm³/mol. The molecular formula is C17H16ClFN4O3. The minimum absolute atomic E-state index is 0.0444. The second-order valence-corrected chi connectivity index (χ2v) is 6.21. The number of piperazine rings is 1. The minimum atomic E-state index is -0.468. The summed E-state index contributed by atoms with van der Waals surface area (Å²) < 4.78 is 13.1. The van der Waals surface area contributed by atoms with Gasteiger partial charge in [-0.3, -0.25) is 10.1 Å². The number of halogens is 2. The molecule has 26 heavy (non-hydrogen) atoms. The third kappa shape index (κ3) is 4.02. The van der Waals surface area contributed by atoms with E-state index in [1.54, 1.807) is 17.0 Å². The number of nitro benzene ring substituents is 1. The van der Waals surface area contributed by atoms with Crippen LogP contribution in [0.4, 0.5) is 26.2 Å². The van der Waals surface area contributed by atoms with Crippen molar-refractivity contribution in [1.82, 2.24) is 4.90 Å². The van der Waals surface area contributed by atoms with E-state index in [1.165, 1.54) is 24.3 Å². The first-order valence-corrected chi connectivity index (χ1v) is 8.32. The fourth-order valence-corrected chi connectivity index (χ4v) is 2.95. The van der Waals surface area contributed by atoms with Crippen molar-refractivity contribution in [2.45, 2.75) is 0 Å². The highest BCUT2D eigenvalue weighted by atomic mass is 35.5. The predicted octanol–water partition coefficient (Wildman–Crippen LogP) is 3.74. The van der Waals surface area contributed by atoms with Gasteiger partial charge in [-0.1, -0.05) is 11.6 Å². The molecule has 0 radical (unpaired) electrons. The molecule has 2 amide bonds. The van der Waals surface area contributed by atoms with E-state index in [0.717, 1.165) is 11.8 Å². The number of rotatable bonds is 3. The van der Waals surface area contributed by atoms with Crippen LogP contribution >= 0.6 is 11.6 Å². The largest absolute Gasteiger partial charge is 0.368 e. The van der Waals surface area contributed by atoms with Gasteiger partial charge in [0.15, 0.2) is 0 Å². The van der Waals surface area contributed by atoms with Crippen LogP contribution in [-0.2, 0) is 0 Å². The van der Waals surface area contributed by atoms with E-state index in [-0.39, 0.29) is 16.7 Å². The van der Waals surface area contributed by atoms with E-state index in [4.69, 9.17) is 11.6 Å². The average Bonchev–Trinajstić information content (AvgIpc) is 2.64. The molecule has 0 aliphatic carbocycles. The van der Waals surface area contributed by atoms with Gasteiger partial charge in [0, 0.05) is 44.0 Å². The summed E-state index contributed by atoms with van der Waals surface area (Å²) in [5.74, 6) is -0.468. The maximum atomic E-state index is 13.1. The van der Waals surface area contributed by atoms with Crippen molar-refractivity contribution < 1.29 is 14.1 Å². The quantitative estimate of drug-likeness (QED) is 0.651. The maximum absolute atomic E-state index is 13.1. The lowest BCUT2D eigenvalue weighted by Gasteiger charge is -2.36. The zero-order valence-corrected chi connectivity index (χ0v) is 14.4. The van der Waals surface area contributed by atoms with E-state index >= 15 is 0 Å². The molecule has 1 aliphatic heterocycles. The van der Waals surface area contributed by atoms with Gasteiger partial charge < -0.3 is 15.1 Å². The first-order chi connectivity index (χ1) is 12.4. The van der Waals surface area contributed by atoms with Crippen LogP contribution in [0.3, 0.4) is 0 Å². The van der Waals surface area contributed by atoms with Crippen LogP contribution in [0.1, 0.15) is 0 Å². The molecule has 136 valence electrons. The van der Waals surface area contributed by atoms with Crippen molar-refractivity contribution >= 4 is 34.7 Å². The summed E-state index contributed by atoms with van der Waals surface area (Å²) in [6, 6.07) is 9.82. The average molecular weight is 379 g/mol. The standard InChI is InChI=1S/C17H16ClFN4O3/c18-15-11-12(19)1-6-16(15)20-17(24)22-9-7-21(8-10-22)13-2-4-14(5-3-13)23(25)26/h1-6,11H,7-10H2,(H,20,24). The molecule has 0 bridgehead atoms. The summed E-state index contributed by atoms with van der Waals surface area (Å²) in [5.41, 5.74) is 1.27. The fourth-order valence-electron chi connectivity index (χ4n) is 2.74. The molecule has 2 aromatic carbocycles. The van der Waals surface area contributed by atoms with Crippen molar-refractivity contribution in [3.05, 3.63) is 63.4 Å². The Balaban J connectivity index is 1.57. The number of carbonyl (C=O) groups is 1. The number of nitro groups is 1. The van der Waals surface area contributed by atoms with Crippen LogP contribution in [0.5, 0.6) is 0 Å². The highest BCUT2D eigenvalue weighted by Crippen LogP contribution is 2.24. The van der Waals surface area contributed by atoms with E-state index < -0.39 is 10.7 Å². The van der Waals surface area contributed by atoms with Crippen LogP contribution in [0.15, 0.2) is 42.5 Å². The normalized spacial score (nSPS) is 14.2. The van der Waals surface area contributed by atoms with Crippen molar-refractivity contribution in [2.24, 2.45) is 0 Å². The van der Waals surface area contributed by atoms with Gasteiger partial charge in [-0.05, 0) is 30.3 Å². The van der Waals surface area contributed by atoms with E-state index in [0.29, 0.717) is 31.9 Å². The Morgan fingerprint density at radius 1 is 1.12 bits per heavy atom. The molecule has 1 heterocycles. The SMILES string of the molecule is O=C(Nc1ccc(F)cc1Cl)N1CCN(c2ccc([N+](=O)[O-])cc2)CC1. The Hall–Kier alpha value is -2.87. The molecule has 0 saturated carbocycles. The number of anilines is 2. The van der Waals surface area contributed by atoms with Crippen molar-refractivity contribution in [1.29, 1.82) is 0 Å². The number of benzene rings is 2. The van der Waals surface area contributed by atoms with Crippen LogP contribution in [0, 0.1) is 15.9 Å². The second kappa shape index (κ2) is 7.57. The number of nitrogens with zero attached hydrogens (tertiary/aromatic N) is 3. The van der Waals surface area contributed by atoms with Crippen LogP contribution in [-0.4, -0.2) is 42.0 Å². The lowest BCUT2D eigenvalue weighted by atomic mass is 10.2. The maximum Gasteiger partial charge on any atom is 0.322 e. The molecule has 0 aromatic heterocycles. The van der Waals surface area contributed by atoms with Crippen LogP contribution in [0.2, 0.25) is 5.02 Å². The van der Waals surface area contributed by atoms with Gasteiger partial charge in [-0.15, -0.1) is 0 Å². The van der Waals surface area contributed by atoms with Gasteiger partial charge in [0.05, 0.1) is 15.6 Å². The molecule has 0 atom stereocenters. The van der Waals surface area contributed by atoms with Crippen molar-refractivity contribution in [3.63, 3.8) is 0 Å². The smallest absolute Gasteiger partial charge is 0.322 e. The molecule has 1 aliphatic rings. The molecule has 2 aromatic rings. The molecule has 1 fully saturated rings. The molecular weight excluding hydrogens is 363 g/mol. The molecule has 1 N–H and O–H groups in total. The van der Waals surface area contributed by atoms with Gasteiger partial charge in [0.2, 0.25) is 0 Å². The highest BCUT2D eigenvalue weighted by molar-refractivity contribution is 6.33. The topological polar surface area (TPSA) is 78.7 Å². The Labute approximate surface area is 154 Å². The second-order valence-electron chi connectivity index (χ2n) is 5.80. The Kier molecular flexibility index (Phi) is 5.22. The van der Waals surface area contributed by atoms with Gasteiger partial charge in [-0.25, -0.2) is 9.18 Å². The third-order valence-corrected chi connectivity index (χ3v) is 4.48. The van der Waals surface area contributed by atoms with Gasteiger partial charge >= 0.3 is 6.03 Å². The summed E-state index contributed by atoms with van der Waals surface area (Å²) in [5, 5.41) is 13.5. The number of hydrogen-bond donors (Lipinski definition) is 1. The number of hydrogen-bond acceptors (Lipinski definition) is 4.